The maximum atomic E-state index is 11.3. The van der Waals surface area contributed by atoms with Crippen LogP contribution in [0.2, 0.25) is 0 Å². The van der Waals surface area contributed by atoms with Crippen LogP contribution in [0, 0.1) is 11.7 Å². The summed E-state index contributed by atoms with van der Waals surface area (Å²) in [5.41, 5.74) is 0.409. The van der Waals surface area contributed by atoms with Gasteiger partial charge in [0.15, 0.2) is 4.77 Å². The van der Waals surface area contributed by atoms with Gasteiger partial charge in [-0.1, -0.05) is 10.8 Å². The number of nitrogens with zero attached hydrogens (tertiary/aromatic N) is 4. The molecule has 2 heterocycles. The van der Waals surface area contributed by atoms with Crippen molar-refractivity contribution >= 4 is 40.5 Å². The third-order valence-electron chi connectivity index (χ3n) is 2.58. The summed E-state index contributed by atoms with van der Waals surface area (Å²) in [6.45, 7) is 5.78. The topological polar surface area (TPSA) is 52.2 Å². The average Bonchev–Trinajstić information content (AvgIpc) is 2.27. The third kappa shape index (κ3) is 2.19. The van der Waals surface area contributed by atoms with Gasteiger partial charge in [-0.25, -0.2) is 4.98 Å². The van der Waals surface area contributed by atoms with E-state index in [1.807, 2.05) is 18.4 Å². The highest BCUT2D eigenvalue weighted by atomic mass is 33.1. The first-order valence-electron chi connectivity index (χ1n) is 5.18. The van der Waals surface area contributed by atoms with E-state index in [2.05, 4.69) is 21.6 Å². The van der Waals surface area contributed by atoms with Gasteiger partial charge in [0.1, 0.15) is 6.33 Å². The molecule has 8 heteroatoms. The molecule has 0 atom stereocenters. The van der Waals surface area contributed by atoms with Gasteiger partial charge in [0.05, 0.1) is 4.87 Å². The van der Waals surface area contributed by atoms with Crippen molar-refractivity contribution in [2.75, 3.05) is 0 Å². The summed E-state index contributed by atoms with van der Waals surface area (Å²) in [5.74, 6) is 0.321. The Kier molecular flexibility index (Phi) is 3.52. The first kappa shape index (κ1) is 13.6. The maximum absolute atomic E-state index is 11.3. The summed E-state index contributed by atoms with van der Waals surface area (Å²) in [7, 11) is 1.37. The average molecular weight is 300 g/mol. The van der Waals surface area contributed by atoms with E-state index in [0.29, 0.717) is 10.5 Å². The Morgan fingerprint density at radius 2 is 2.17 bits per heavy atom. The monoisotopic (exact) mass is 300 g/mol. The van der Waals surface area contributed by atoms with Crippen LogP contribution in [0.25, 0.3) is 5.78 Å². The van der Waals surface area contributed by atoms with Crippen molar-refractivity contribution in [3.63, 3.8) is 0 Å². The Hall–Kier alpha value is -0.860. The molecule has 0 bridgehead atoms. The van der Waals surface area contributed by atoms with Crippen LogP contribution in [0.1, 0.15) is 19.5 Å². The molecule has 18 heavy (non-hydrogen) atoms. The molecule has 0 fully saturated rings. The molecule has 0 aromatic carbocycles. The van der Waals surface area contributed by atoms with Crippen LogP contribution in [0.15, 0.2) is 17.2 Å². The third-order valence-corrected chi connectivity index (χ3v) is 4.95. The van der Waals surface area contributed by atoms with Crippen LogP contribution in [-0.2, 0) is 4.87 Å². The van der Waals surface area contributed by atoms with E-state index in [0.717, 1.165) is 5.69 Å². The Morgan fingerprint density at radius 1 is 1.50 bits per heavy atom. The fourth-order valence-electron chi connectivity index (χ4n) is 1.58. The molecule has 96 valence electrons. The second-order valence-corrected chi connectivity index (χ2v) is 6.40. The number of aromatic nitrogens is 4. The lowest BCUT2D eigenvalue weighted by atomic mass is 10.4. The minimum Gasteiger partial charge on any atom is -0.293 e. The van der Waals surface area contributed by atoms with E-state index in [9.17, 15) is 4.79 Å². The summed E-state index contributed by atoms with van der Waals surface area (Å²) in [5, 5.41) is 0. The molecule has 0 spiro atoms. The molecule has 2 aromatic rings. The molecule has 0 saturated heterocycles. The standard InChI is InChI=1S/C10H12N4OS3/c1-6-4-7(15)12-8-11-5-13(9(16)14(6)8)10(2,3)18-17/h4-5,17H,1-3H3. The van der Waals surface area contributed by atoms with Gasteiger partial charge >= 0.3 is 0 Å². The zero-order valence-electron chi connectivity index (χ0n) is 10.1. The number of hydrogen-bond acceptors (Lipinski definition) is 6. The maximum Gasteiger partial charge on any atom is 0.274 e. The molecule has 0 unspecified atom stereocenters. The second-order valence-electron chi connectivity index (χ2n) is 4.31. The lowest BCUT2D eigenvalue weighted by Crippen LogP contribution is -2.25. The molecule has 2 rings (SSSR count). The summed E-state index contributed by atoms with van der Waals surface area (Å²) in [6.07, 6.45) is 1.59. The number of fused-ring (bicyclic) bond motifs is 1. The number of thiol groups is 1. The minimum atomic E-state index is -0.336. The van der Waals surface area contributed by atoms with E-state index in [1.54, 1.807) is 17.7 Å². The van der Waals surface area contributed by atoms with Crippen LogP contribution in [0.4, 0.5) is 0 Å². The van der Waals surface area contributed by atoms with Crippen molar-refractivity contribution in [1.82, 2.24) is 18.9 Å². The molecule has 5 nitrogen and oxygen atoms in total. The van der Waals surface area contributed by atoms with Crippen LogP contribution < -0.4 is 5.56 Å². The van der Waals surface area contributed by atoms with Gasteiger partial charge in [-0.2, -0.15) is 4.98 Å². The molecular weight excluding hydrogens is 288 g/mol. The highest BCUT2D eigenvalue weighted by Crippen LogP contribution is 2.32. The number of aryl methyl sites for hydroxylation is 1. The second kappa shape index (κ2) is 4.67. The highest BCUT2D eigenvalue weighted by Gasteiger charge is 2.21. The van der Waals surface area contributed by atoms with Crippen LogP contribution >= 0.6 is 34.7 Å². The molecule has 0 saturated carbocycles. The zero-order valence-corrected chi connectivity index (χ0v) is 12.6. The van der Waals surface area contributed by atoms with Crippen molar-refractivity contribution in [3.05, 3.63) is 33.2 Å². The molecule has 2 aromatic heterocycles. The Balaban J connectivity index is 2.89. The van der Waals surface area contributed by atoms with E-state index in [4.69, 9.17) is 12.2 Å². The summed E-state index contributed by atoms with van der Waals surface area (Å²) in [6, 6.07) is 1.44. The number of hydrogen-bond donors (Lipinski definition) is 1. The van der Waals surface area contributed by atoms with Gasteiger partial charge in [-0.05, 0) is 33.0 Å². The van der Waals surface area contributed by atoms with Gasteiger partial charge in [0.25, 0.3) is 5.56 Å². The van der Waals surface area contributed by atoms with E-state index in [1.165, 1.54) is 16.9 Å². The van der Waals surface area contributed by atoms with Crippen molar-refractivity contribution < 1.29 is 0 Å². The Labute approximate surface area is 118 Å². The lowest BCUT2D eigenvalue weighted by molar-refractivity contribution is 0.506. The molecule has 0 aliphatic heterocycles. The molecule has 0 radical (unpaired) electrons. The van der Waals surface area contributed by atoms with Gasteiger partial charge < -0.3 is 0 Å². The number of rotatable bonds is 2. The lowest BCUT2D eigenvalue weighted by Gasteiger charge is -2.25. The Bertz CT molecular complexity index is 719. The zero-order chi connectivity index (χ0) is 13.5. The smallest absolute Gasteiger partial charge is 0.274 e. The summed E-state index contributed by atoms with van der Waals surface area (Å²) in [4.78, 5) is 19.0. The van der Waals surface area contributed by atoms with Crippen molar-refractivity contribution in [3.8, 4) is 0 Å². The SMILES string of the molecule is Cc1cc(=O)nc2ncn(C(C)(C)SS)c(=S)n12. The fourth-order valence-corrected chi connectivity index (χ4v) is 2.63. The highest BCUT2D eigenvalue weighted by molar-refractivity contribution is 8.68. The van der Waals surface area contributed by atoms with Gasteiger partial charge in [-0.3, -0.25) is 13.8 Å². The minimum absolute atomic E-state index is 0.310. The predicted octanol–water partition coefficient (Wildman–Crippen LogP) is 2.20. The molecule has 0 amide bonds. The molecule has 0 aliphatic carbocycles. The molecule has 0 N–H and O–H groups in total. The first-order chi connectivity index (χ1) is 8.36. The molecular formula is C10H12N4OS3. The fraction of sp³-hybridized carbons (Fsp3) is 0.400. The van der Waals surface area contributed by atoms with E-state index >= 15 is 0 Å². The normalized spacial score (nSPS) is 12.0. The quantitative estimate of drug-likeness (QED) is 0.523. The van der Waals surface area contributed by atoms with Crippen molar-refractivity contribution in [2.24, 2.45) is 0 Å². The Morgan fingerprint density at radius 3 is 2.78 bits per heavy atom. The largest absolute Gasteiger partial charge is 0.293 e. The van der Waals surface area contributed by atoms with Gasteiger partial charge in [0, 0.05) is 11.8 Å². The van der Waals surface area contributed by atoms with Crippen molar-refractivity contribution in [1.29, 1.82) is 0 Å². The molecule has 0 aliphatic rings. The van der Waals surface area contributed by atoms with E-state index < -0.39 is 0 Å². The summed E-state index contributed by atoms with van der Waals surface area (Å²) >= 11 is 9.68. The first-order valence-corrected chi connectivity index (χ1v) is 7.45. The van der Waals surface area contributed by atoms with Crippen LogP contribution in [-0.4, -0.2) is 18.9 Å². The van der Waals surface area contributed by atoms with Crippen LogP contribution in [0.5, 0.6) is 0 Å². The van der Waals surface area contributed by atoms with E-state index in [-0.39, 0.29) is 10.4 Å². The predicted molar refractivity (Wildman–Crippen MR) is 78.7 cm³/mol. The van der Waals surface area contributed by atoms with Crippen molar-refractivity contribution in [2.45, 2.75) is 25.6 Å². The van der Waals surface area contributed by atoms with Gasteiger partial charge in [0.2, 0.25) is 5.78 Å². The summed E-state index contributed by atoms with van der Waals surface area (Å²) < 4.78 is 4.05. The van der Waals surface area contributed by atoms with Gasteiger partial charge in [-0.15, -0.1) is 11.7 Å². The van der Waals surface area contributed by atoms with Crippen LogP contribution in [0.3, 0.4) is 0 Å².